The van der Waals surface area contributed by atoms with E-state index in [2.05, 4.69) is 28.4 Å². The predicted molar refractivity (Wildman–Crippen MR) is 104 cm³/mol. The van der Waals surface area contributed by atoms with E-state index >= 15 is 0 Å². The van der Waals surface area contributed by atoms with Crippen LogP contribution < -0.4 is 5.32 Å². The van der Waals surface area contributed by atoms with Crippen LogP contribution in [-0.4, -0.2) is 22.5 Å². The van der Waals surface area contributed by atoms with Gasteiger partial charge in [-0.25, -0.2) is 0 Å². The first-order chi connectivity index (χ1) is 12.6. The quantitative estimate of drug-likeness (QED) is 0.752. The van der Waals surface area contributed by atoms with Crippen molar-refractivity contribution in [2.24, 2.45) is 0 Å². The highest BCUT2D eigenvalue weighted by Gasteiger charge is 2.20. The molecule has 0 spiro atoms. The number of hydrogen-bond donors (Lipinski definition) is 2. The van der Waals surface area contributed by atoms with Gasteiger partial charge in [0.05, 0.1) is 0 Å². The van der Waals surface area contributed by atoms with E-state index in [1.807, 2.05) is 30.3 Å². The van der Waals surface area contributed by atoms with Gasteiger partial charge < -0.3 is 10.4 Å². The van der Waals surface area contributed by atoms with E-state index in [1.54, 1.807) is 6.07 Å². The van der Waals surface area contributed by atoms with Gasteiger partial charge in [0.15, 0.2) is 0 Å². The molecule has 1 amide bonds. The van der Waals surface area contributed by atoms with Crippen LogP contribution >= 0.6 is 0 Å². The molecule has 3 aromatic carbocycles. The topological polar surface area (TPSA) is 52.6 Å². The SMILES string of the molecule is CC(=O)Nc1cccc2c1CCN(Cc1c(O)ccc3ccccc13)C2. The number of aromatic hydroxyl groups is 1. The van der Waals surface area contributed by atoms with Crippen LogP contribution in [0.4, 0.5) is 5.69 Å². The Hall–Kier alpha value is -2.85. The first kappa shape index (κ1) is 16.6. The molecule has 132 valence electrons. The van der Waals surface area contributed by atoms with E-state index in [1.165, 1.54) is 18.1 Å². The lowest BCUT2D eigenvalue weighted by Crippen LogP contribution is -2.30. The molecule has 1 aliphatic rings. The van der Waals surface area contributed by atoms with Gasteiger partial charge in [-0.1, -0.05) is 42.5 Å². The number of nitrogens with zero attached hydrogens (tertiary/aromatic N) is 1. The van der Waals surface area contributed by atoms with Crippen molar-refractivity contribution in [2.45, 2.75) is 26.4 Å². The van der Waals surface area contributed by atoms with Crippen LogP contribution in [0.25, 0.3) is 10.8 Å². The molecule has 0 saturated heterocycles. The van der Waals surface area contributed by atoms with Crippen molar-refractivity contribution in [3.8, 4) is 5.75 Å². The molecular weight excluding hydrogens is 324 g/mol. The number of carbonyl (C=O) groups is 1. The van der Waals surface area contributed by atoms with Gasteiger partial charge in [0.25, 0.3) is 0 Å². The molecule has 0 unspecified atom stereocenters. The molecule has 1 heterocycles. The summed E-state index contributed by atoms with van der Waals surface area (Å²) < 4.78 is 0. The van der Waals surface area contributed by atoms with E-state index < -0.39 is 0 Å². The fraction of sp³-hybridized carbons (Fsp3) is 0.227. The summed E-state index contributed by atoms with van der Waals surface area (Å²) in [7, 11) is 0. The smallest absolute Gasteiger partial charge is 0.221 e. The second-order valence-corrected chi connectivity index (χ2v) is 6.87. The van der Waals surface area contributed by atoms with Gasteiger partial charge >= 0.3 is 0 Å². The maximum Gasteiger partial charge on any atom is 0.221 e. The van der Waals surface area contributed by atoms with Crippen LogP contribution in [-0.2, 0) is 24.3 Å². The number of hydrogen-bond acceptors (Lipinski definition) is 3. The summed E-state index contributed by atoms with van der Waals surface area (Å²) in [6.07, 6.45) is 0.886. The lowest BCUT2D eigenvalue weighted by atomic mass is 9.96. The first-order valence-electron chi connectivity index (χ1n) is 8.92. The molecule has 4 heteroatoms. The number of carbonyl (C=O) groups excluding carboxylic acids is 1. The Morgan fingerprint density at radius 1 is 1.12 bits per heavy atom. The van der Waals surface area contributed by atoms with Gasteiger partial charge in [0.1, 0.15) is 5.75 Å². The summed E-state index contributed by atoms with van der Waals surface area (Å²) in [4.78, 5) is 13.8. The van der Waals surface area contributed by atoms with E-state index in [0.29, 0.717) is 12.3 Å². The molecule has 0 aromatic heterocycles. The van der Waals surface area contributed by atoms with Crippen molar-refractivity contribution in [1.82, 2.24) is 4.90 Å². The number of benzene rings is 3. The molecule has 2 N–H and O–H groups in total. The van der Waals surface area contributed by atoms with Crippen LogP contribution in [0.3, 0.4) is 0 Å². The Kier molecular flexibility index (Phi) is 4.35. The number of nitrogens with one attached hydrogen (secondary N) is 1. The van der Waals surface area contributed by atoms with Crippen molar-refractivity contribution >= 4 is 22.4 Å². The molecule has 4 rings (SSSR count). The van der Waals surface area contributed by atoms with Gasteiger partial charge in [-0.05, 0) is 40.5 Å². The summed E-state index contributed by atoms with van der Waals surface area (Å²) in [5.41, 5.74) is 4.36. The molecule has 0 bridgehead atoms. The lowest BCUT2D eigenvalue weighted by Gasteiger charge is -2.30. The molecular formula is C22H22N2O2. The molecule has 26 heavy (non-hydrogen) atoms. The van der Waals surface area contributed by atoms with Gasteiger partial charge in [-0.15, -0.1) is 0 Å². The number of fused-ring (bicyclic) bond motifs is 2. The van der Waals surface area contributed by atoms with Crippen molar-refractivity contribution in [2.75, 3.05) is 11.9 Å². The summed E-state index contributed by atoms with van der Waals surface area (Å²) in [5, 5.41) is 15.6. The maximum absolute atomic E-state index is 11.4. The standard InChI is InChI=1S/C22H22N2O2/c1-15(25)23-21-8-4-6-17-13-24(12-11-19(17)21)14-20-18-7-3-2-5-16(18)9-10-22(20)26/h2-10,26H,11-14H2,1H3,(H,23,25). The van der Waals surface area contributed by atoms with Gasteiger partial charge in [-0.3, -0.25) is 9.69 Å². The van der Waals surface area contributed by atoms with Crippen molar-refractivity contribution < 1.29 is 9.90 Å². The molecule has 0 atom stereocenters. The predicted octanol–water partition coefficient (Wildman–Crippen LogP) is 4.06. The highest BCUT2D eigenvalue weighted by molar-refractivity contribution is 5.90. The minimum absolute atomic E-state index is 0.0403. The summed E-state index contributed by atoms with van der Waals surface area (Å²) in [6, 6.07) is 18.0. The van der Waals surface area contributed by atoms with Crippen LogP contribution in [0, 0.1) is 0 Å². The molecule has 3 aromatic rings. The average molecular weight is 346 g/mol. The normalized spacial score (nSPS) is 14.2. The number of phenols is 1. The molecule has 4 nitrogen and oxygen atoms in total. The Bertz CT molecular complexity index is 981. The number of phenolic OH excluding ortho intramolecular Hbond substituents is 1. The van der Waals surface area contributed by atoms with Crippen LogP contribution in [0.5, 0.6) is 5.75 Å². The zero-order chi connectivity index (χ0) is 18.1. The third kappa shape index (κ3) is 3.16. The van der Waals surface area contributed by atoms with Crippen LogP contribution in [0.15, 0.2) is 54.6 Å². The lowest BCUT2D eigenvalue weighted by molar-refractivity contribution is -0.114. The molecule has 1 aliphatic heterocycles. The van der Waals surface area contributed by atoms with E-state index in [4.69, 9.17) is 0 Å². The third-order valence-corrected chi connectivity index (χ3v) is 5.05. The zero-order valence-electron chi connectivity index (χ0n) is 14.8. The summed E-state index contributed by atoms with van der Waals surface area (Å²) >= 11 is 0. The second kappa shape index (κ2) is 6.81. The minimum Gasteiger partial charge on any atom is -0.508 e. The van der Waals surface area contributed by atoms with E-state index in [9.17, 15) is 9.90 Å². The van der Waals surface area contributed by atoms with Crippen molar-refractivity contribution in [3.05, 3.63) is 71.3 Å². The number of anilines is 1. The van der Waals surface area contributed by atoms with Gasteiger partial charge in [0, 0.05) is 37.8 Å². The average Bonchev–Trinajstić information content (AvgIpc) is 2.64. The summed E-state index contributed by atoms with van der Waals surface area (Å²) in [5.74, 6) is 0.308. The third-order valence-electron chi connectivity index (χ3n) is 5.05. The van der Waals surface area contributed by atoms with Crippen molar-refractivity contribution in [1.29, 1.82) is 0 Å². The first-order valence-corrected chi connectivity index (χ1v) is 8.92. The highest BCUT2D eigenvalue weighted by Crippen LogP contribution is 2.31. The maximum atomic E-state index is 11.4. The monoisotopic (exact) mass is 346 g/mol. The van der Waals surface area contributed by atoms with Gasteiger partial charge in [-0.2, -0.15) is 0 Å². The van der Waals surface area contributed by atoms with E-state index in [0.717, 1.165) is 41.5 Å². The zero-order valence-corrected chi connectivity index (χ0v) is 14.8. The Balaban J connectivity index is 1.61. The Morgan fingerprint density at radius 2 is 1.96 bits per heavy atom. The molecule has 0 aliphatic carbocycles. The van der Waals surface area contributed by atoms with Crippen LogP contribution in [0.2, 0.25) is 0 Å². The minimum atomic E-state index is -0.0403. The Labute approximate surface area is 153 Å². The second-order valence-electron chi connectivity index (χ2n) is 6.87. The van der Waals surface area contributed by atoms with Crippen molar-refractivity contribution in [3.63, 3.8) is 0 Å². The summed E-state index contributed by atoms with van der Waals surface area (Å²) in [6.45, 7) is 3.95. The highest BCUT2D eigenvalue weighted by atomic mass is 16.3. The molecule has 0 saturated carbocycles. The number of rotatable bonds is 3. The largest absolute Gasteiger partial charge is 0.508 e. The fourth-order valence-electron chi connectivity index (χ4n) is 3.82. The van der Waals surface area contributed by atoms with Gasteiger partial charge in [0.2, 0.25) is 5.91 Å². The van der Waals surface area contributed by atoms with Crippen LogP contribution in [0.1, 0.15) is 23.6 Å². The fourth-order valence-corrected chi connectivity index (χ4v) is 3.82. The van der Waals surface area contributed by atoms with E-state index in [-0.39, 0.29) is 5.91 Å². The number of amides is 1. The Morgan fingerprint density at radius 3 is 2.81 bits per heavy atom. The molecule has 0 radical (unpaired) electrons. The molecule has 0 fully saturated rings.